The zero-order valence-corrected chi connectivity index (χ0v) is 18.0. The van der Waals surface area contributed by atoms with E-state index >= 15 is 0 Å². The van der Waals surface area contributed by atoms with Crippen molar-refractivity contribution in [3.8, 4) is 0 Å². The maximum Gasteiger partial charge on any atom is 0.320 e. The Bertz CT molecular complexity index is 947. The lowest BCUT2D eigenvalue weighted by atomic mass is 10.00. The fourth-order valence-corrected chi connectivity index (χ4v) is 5.01. The van der Waals surface area contributed by atoms with Crippen LogP contribution in [-0.4, -0.2) is 71.3 Å². The molecule has 3 aliphatic heterocycles. The molecule has 1 atom stereocenters. The summed E-state index contributed by atoms with van der Waals surface area (Å²) in [5.74, 6) is 0. The highest BCUT2D eigenvalue weighted by molar-refractivity contribution is 5.76. The molecule has 2 amide bonds. The summed E-state index contributed by atoms with van der Waals surface area (Å²) < 4.78 is 5.56. The Labute approximate surface area is 184 Å². The molecule has 1 unspecified atom stereocenters. The number of β-amino-alcohol motifs (C(OH)–C–C–N with tert-alkyl or cyclic N) is 1. The fraction of sp³-hybridized carbons (Fsp3) is 0.480. The highest BCUT2D eigenvalue weighted by atomic mass is 16.5. The van der Waals surface area contributed by atoms with E-state index in [9.17, 15) is 9.90 Å². The second kappa shape index (κ2) is 8.99. The minimum atomic E-state index is -0.532. The zero-order chi connectivity index (χ0) is 21.2. The summed E-state index contributed by atoms with van der Waals surface area (Å²) in [6.45, 7) is 6.26. The van der Waals surface area contributed by atoms with Crippen LogP contribution in [0.2, 0.25) is 0 Å². The Kier molecular flexibility index (Phi) is 5.94. The molecular weight excluding hydrogens is 390 g/mol. The van der Waals surface area contributed by atoms with Crippen molar-refractivity contribution >= 4 is 6.03 Å². The average molecular weight is 422 g/mol. The maximum absolute atomic E-state index is 12.9. The zero-order valence-electron chi connectivity index (χ0n) is 18.0. The molecule has 0 aliphatic carbocycles. The minimum absolute atomic E-state index is 0.0250. The van der Waals surface area contributed by atoms with Crippen LogP contribution >= 0.6 is 0 Å². The molecule has 6 heteroatoms. The number of hydrogen-bond acceptors (Lipinski definition) is 4. The van der Waals surface area contributed by atoms with Crippen molar-refractivity contribution in [3.05, 3.63) is 70.3 Å². The van der Waals surface area contributed by atoms with Gasteiger partial charge in [-0.25, -0.2) is 4.79 Å². The van der Waals surface area contributed by atoms with Crippen LogP contribution in [0, 0.1) is 0 Å². The molecule has 3 heterocycles. The predicted octanol–water partition coefficient (Wildman–Crippen LogP) is 2.42. The Balaban J connectivity index is 1.13. The lowest BCUT2D eigenvalue weighted by Crippen LogP contribution is -2.43. The van der Waals surface area contributed by atoms with Gasteiger partial charge in [0.2, 0.25) is 0 Å². The second-order valence-electron chi connectivity index (χ2n) is 8.96. The molecule has 2 aromatic carbocycles. The SMILES string of the molecule is O=C1N(Cc2ccc3c(c2)COCC3)CCN1CC(O)CN1CCc2ccccc2C1. The Hall–Kier alpha value is -2.41. The largest absolute Gasteiger partial charge is 0.390 e. The number of carbonyl (C=O) groups is 1. The molecule has 0 bridgehead atoms. The number of carbonyl (C=O) groups excluding carboxylic acids is 1. The van der Waals surface area contributed by atoms with Crippen molar-refractivity contribution in [2.45, 2.75) is 38.6 Å². The van der Waals surface area contributed by atoms with E-state index in [-0.39, 0.29) is 6.03 Å². The van der Waals surface area contributed by atoms with Crippen molar-refractivity contribution < 1.29 is 14.6 Å². The van der Waals surface area contributed by atoms with Crippen molar-refractivity contribution in [3.63, 3.8) is 0 Å². The molecule has 1 fully saturated rings. The molecule has 0 radical (unpaired) electrons. The highest BCUT2D eigenvalue weighted by Gasteiger charge is 2.30. The van der Waals surface area contributed by atoms with Gasteiger partial charge in [0, 0.05) is 45.8 Å². The molecule has 5 rings (SSSR count). The lowest BCUT2D eigenvalue weighted by molar-refractivity contribution is 0.0812. The Morgan fingerprint density at radius 3 is 2.61 bits per heavy atom. The van der Waals surface area contributed by atoms with Crippen molar-refractivity contribution in [1.29, 1.82) is 0 Å². The standard InChI is InChI=1S/C25H31N3O3/c29-24(16-26-9-7-20-3-1-2-4-22(20)15-26)17-28-11-10-27(25(28)30)14-19-5-6-21-8-12-31-18-23(21)13-19/h1-6,13,24,29H,7-12,14-18H2. The maximum atomic E-state index is 12.9. The molecule has 1 saturated heterocycles. The Morgan fingerprint density at radius 1 is 0.903 bits per heavy atom. The summed E-state index contributed by atoms with van der Waals surface area (Å²) in [4.78, 5) is 18.9. The number of urea groups is 1. The van der Waals surface area contributed by atoms with E-state index in [1.54, 1.807) is 4.90 Å². The van der Waals surface area contributed by atoms with Crippen molar-refractivity contribution in [1.82, 2.24) is 14.7 Å². The van der Waals surface area contributed by atoms with Crippen LogP contribution in [0.4, 0.5) is 4.79 Å². The summed E-state index contributed by atoms with van der Waals surface area (Å²) in [6, 6.07) is 15.0. The number of benzene rings is 2. The van der Waals surface area contributed by atoms with Crippen LogP contribution in [0.25, 0.3) is 0 Å². The van der Waals surface area contributed by atoms with Crippen LogP contribution in [0.3, 0.4) is 0 Å². The van der Waals surface area contributed by atoms with Gasteiger partial charge in [-0.1, -0.05) is 42.5 Å². The van der Waals surface area contributed by atoms with E-state index < -0.39 is 6.10 Å². The van der Waals surface area contributed by atoms with Gasteiger partial charge in [-0.2, -0.15) is 0 Å². The molecule has 0 spiro atoms. The van der Waals surface area contributed by atoms with Crippen LogP contribution < -0.4 is 0 Å². The molecule has 0 saturated carbocycles. The first-order valence-electron chi connectivity index (χ1n) is 11.4. The van der Waals surface area contributed by atoms with Gasteiger partial charge in [-0.15, -0.1) is 0 Å². The highest BCUT2D eigenvalue weighted by Crippen LogP contribution is 2.22. The average Bonchev–Trinajstić information content (AvgIpc) is 3.12. The first kappa shape index (κ1) is 20.5. The minimum Gasteiger partial charge on any atom is -0.390 e. The normalized spacial score (nSPS) is 20.0. The van der Waals surface area contributed by atoms with E-state index in [1.165, 1.54) is 22.3 Å². The van der Waals surface area contributed by atoms with E-state index in [4.69, 9.17) is 4.74 Å². The van der Waals surface area contributed by atoms with Gasteiger partial charge in [0.05, 0.1) is 19.3 Å². The quantitative estimate of drug-likeness (QED) is 0.778. The molecule has 3 aliphatic rings. The number of rotatable bonds is 6. The molecule has 1 N–H and O–H groups in total. The van der Waals surface area contributed by atoms with Gasteiger partial charge < -0.3 is 19.6 Å². The smallest absolute Gasteiger partial charge is 0.320 e. The summed E-state index contributed by atoms with van der Waals surface area (Å²) in [5.41, 5.74) is 6.50. The van der Waals surface area contributed by atoms with Crippen LogP contribution in [0.1, 0.15) is 27.8 Å². The number of aliphatic hydroxyl groups excluding tert-OH is 1. The van der Waals surface area contributed by atoms with Crippen LogP contribution in [0.5, 0.6) is 0 Å². The molecule has 6 nitrogen and oxygen atoms in total. The van der Waals surface area contributed by atoms with Crippen LogP contribution in [0.15, 0.2) is 42.5 Å². The third kappa shape index (κ3) is 4.61. The van der Waals surface area contributed by atoms with Gasteiger partial charge in [0.25, 0.3) is 0 Å². The summed E-state index contributed by atoms with van der Waals surface area (Å²) in [6.07, 6.45) is 1.45. The number of aliphatic hydroxyl groups is 1. The Morgan fingerprint density at radius 2 is 1.71 bits per heavy atom. The molecular formula is C25H31N3O3. The molecule has 2 aromatic rings. The second-order valence-corrected chi connectivity index (χ2v) is 8.96. The third-order valence-electron chi connectivity index (χ3n) is 6.71. The van der Waals surface area contributed by atoms with Crippen molar-refractivity contribution in [2.75, 3.05) is 39.3 Å². The molecule has 0 aromatic heterocycles. The van der Waals surface area contributed by atoms with Gasteiger partial charge in [0.1, 0.15) is 0 Å². The van der Waals surface area contributed by atoms with E-state index in [2.05, 4.69) is 47.4 Å². The van der Waals surface area contributed by atoms with Gasteiger partial charge in [-0.3, -0.25) is 4.90 Å². The van der Waals surface area contributed by atoms with Gasteiger partial charge in [-0.05, 0) is 40.7 Å². The third-order valence-corrected chi connectivity index (χ3v) is 6.71. The number of nitrogens with zero attached hydrogens (tertiary/aromatic N) is 3. The number of fused-ring (bicyclic) bond motifs is 2. The van der Waals surface area contributed by atoms with E-state index in [0.29, 0.717) is 39.3 Å². The van der Waals surface area contributed by atoms with Gasteiger partial charge >= 0.3 is 6.03 Å². The van der Waals surface area contributed by atoms with Gasteiger partial charge in [0.15, 0.2) is 0 Å². The van der Waals surface area contributed by atoms with E-state index in [1.807, 2.05) is 4.90 Å². The van der Waals surface area contributed by atoms with Crippen molar-refractivity contribution in [2.24, 2.45) is 0 Å². The summed E-state index contributed by atoms with van der Waals surface area (Å²) in [5, 5.41) is 10.7. The number of ether oxygens (including phenoxy) is 1. The lowest BCUT2D eigenvalue weighted by Gasteiger charge is -2.31. The fourth-order valence-electron chi connectivity index (χ4n) is 5.01. The van der Waals surface area contributed by atoms with E-state index in [0.717, 1.165) is 38.1 Å². The number of amides is 2. The summed E-state index contributed by atoms with van der Waals surface area (Å²) >= 11 is 0. The van der Waals surface area contributed by atoms with Crippen LogP contribution in [-0.2, 0) is 37.3 Å². The molecule has 31 heavy (non-hydrogen) atoms. The molecule has 164 valence electrons. The first-order chi connectivity index (χ1) is 15.2. The topological polar surface area (TPSA) is 56.3 Å². The summed E-state index contributed by atoms with van der Waals surface area (Å²) in [7, 11) is 0. The first-order valence-corrected chi connectivity index (χ1v) is 11.4. The monoisotopic (exact) mass is 421 g/mol. The predicted molar refractivity (Wildman–Crippen MR) is 119 cm³/mol. The number of hydrogen-bond donors (Lipinski definition) is 1.